The van der Waals surface area contributed by atoms with Gasteiger partial charge in [0, 0.05) is 5.02 Å². The maximum atomic E-state index is 5.98. The van der Waals surface area contributed by atoms with Crippen molar-refractivity contribution in [3.8, 4) is 0 Å². The van der Waals surface area contributed by atoms with Crippen molar-refractivity contribution in [2.45, 2.75) is 20.3 Å². The van der Waals surface area contributed by atoms with Gasteiger partial charge in [-0.05, 0) is 36.1 Å². The van der Waals surface area contributed by atoms with Crippen molar-refractivity contribution in [2.75, 3.05) is 0 Å². The lowest BCUT2D eigenvalue weighted by atomic mass is 10.0. The smallest absolute Gasteiger partial charge is 0.0738 e. The van der Waals surface area contributed by atoms with Gasteiger partial charge in [0.25, 0.3) is 0 Å². The number of hydrogen-bond acceptors (Lipinski definition) is 0. The molecule has 0 unspecified atom stereocenters. The Morgan fingerprint density at radius 1 is 0.933 bits per heavy atom. The van der Waals surface area contributed by atoms with Crippen LogP contribution in [0.2, 0.25) is 5.02 Å². The number of alkyl halides is 4. The minimum absolute atomic E-state index is 0.284. The van der Waals surface area contributed by atoms with Gasteiger partial charge in [-0.1, -0.05) is 81.4 Å². The molecule has 0 radical (unpaired) electrons. The van der Waals surface area contributed by atoms with Crippen LogP contribution in [-0.2, 0) is 12.8 Å². The van der Waals surface area contributed by atoms with Crippen molar-refractivity contribution in [1.82, 2.24) is 0 Å². The van der Waals surface area contributed by atoms with E-state index in [1.54, 1.807) is 0 Å². The van der Waals surface area contributed by atoms with Gasteiger partial charge in [-0.25, -0.2) is 0 Å². The Bertz CT molecular complexity index is 325. The first kappa shape index (κ1) is 14.5. The normalized spacial score (nSPS) is 11.4. The van der Waals surface area contributed by atoms with Gasteiger partial charge in [0.2, 0.25) is 0 Å². The lowest BCUT2D eigenvalue weighted by molar-refractivity contribution is 1.03. The van der Waals surface area contributed by atoms with Crippen molar-refractivity contribution in [3.63, 3.8) is 0 Å². The van der Waals surface area contributed by atoms with Crippen LogP contribution in [0.4, 0.5) is 0 Å². The second-order valence-electron chi connectivity index (χ2n) is 3.10. The topological polar surface area (TPSA) is 0 Å². The minimum atomic E-state index is 0.284. The average molecular weight is 484 g/mol. The molecule has 0 atom stereocenters. The summed E-state index contributed by atoms with van der Waals surface area (Å²) in [5, 5.41) is 0.787. The van der Waals surface area contributed by atoms with Gasteiger partial charge >= 0.3 is 0 Å². The molecule has 0 N–H and O–H groups in total. The van der Waals surface area contributed by atoms with Crippen LogP contribution in [0.25, 0.3) is 0 Å². The van der Waals surface area contributed by atoms with Gasteiger partial charge in [-0.3, -0.25) is 0 Å². The minimum Gasteiger partial charge on any atom is -0.0843 e. The molecule has 1 rings (SSSR count). The highest BCUT2D eigenvalue weighted by molar-refractivity contribution is 9.25. The fraction of sp³-hybridized carbons (Fsp3) is 0.400. The fourth-order valence-corrected chi connectivity index (χ4v) is 2.91. The molecular weight excluding hydrogens is 475 g/mol. The van der Waals surface area contributed by atoms with Gasteiger partial charge in [0.05, 0.1) is 7.47 Å². The summed E-state index contributed by atoms with van der Waals surface area (Å²) in [6.45, 7) is 0. The molecule has 0 spiro atoms. The zero-order chi connectivity index (χ0) is 11.4. The predicted octanol–water partition coefficient (Wildman–Crippen LogP) is 5.66. The molecular formula is C10H9Br4Cl. The summed E-state index contributed by atoms with van der Waals surface area (Å²) in [5.74, 6) is 0. The summed E-state index contributed by atoms with van der Waals surface area (Å²) in [7, 11) is 0. The van der Waals surface area contributed by atoms with Gasteiger partial charge in [0.15, 0.2) is 0 Å². The van der Waals surface area contributed by atoms with Gasteiger partial charge in [0.1, 0.15) is 0 Å². The largest absolute Gasteiger partial charge is 0.0843 e. The van der Waals surface area contributed by atoms with E-state index in [0.29, 0.717) is 3.74 Å². The zero-order valence-corrected chi connectivity index (χ0v) is 14.8. The Morgan fingerprint density at radius 2 is 1.47 bits per heavy atom. The maximum absolute atomic E-state index is 5.98. The summed E-state index contributed by atoms with van der Waals surface area (Å²) in [4.78, 5) is 0. The zero-order valence-electron chi connectivity index (χ0n) is 7.69. The van der Waals surface area contributed by atoms with Gasteiger partial charge < -0.3 is 0 Å². The molecule has 0 aliphatic carbocycles. The van der Waals surface area contributed by atoms with Crippen LogP contribution < -0.4 is 0 Å². The van der Waals surface area contributed by atoms with Crippen molar-refractivity contribution >= 4 is 75.3 Å². The molecule has 0 heterocycles. The van der Waals surface area contributed by atoms with E-state index in [0.717, 1.165) is 17.9 Å². The Balaban J connectivity index is 2.92. The van der Waals surface area contributed by atoms with Crippen LogP contribution in [0.5, 0.6) is 0 Å². The second kappa shape index (κ2) is 7.00. The first-order valence-corrected chi connectivity index (χ1v) is 8.36. The molecule has 1 aromatic carbocycles. The van der Waals surface area contributed by atoms with Crippen molar-refractivity contribution < 1.29 is 0 Å². The number of benzene rings is 1. The quantitative estimate of drug-likeness (QED) is 0.485. The molecule has 0 fully saturated rings. The van der Waals surface area contributed by atoms with Crippen LogP contribution in [-0.4, -0.2) is 7.47 Å². The molecule has 84 valence electrons. The Labute approximate surface area is 129 Å². The Hall–Kier alpha value is 1.43. The van der Waals surface area contributed by atoms with E-state index in [9.17, 15) is 0 Å². The molecule has 0 nitrogen and oxygen atoms in total. The summed E-state index contributed by atoms with van der Waals surface area (Å²) in [6.07, 6.45) is 1.86. The van der Waals surface area contributed by atoms with E-state index in [2.05, 4.69) is 69.8 Å². The summed E-state index contributed by atoms with van der Waals surface area (Å²) >= 11 is 19.9. The van der Waals surface area contributed by atoms with Crippen LogP contribution in [0.1, 0.15) is 11.1 Å². The van der Waals surface area contributed by atoms with Crippen molar-refractivity contribution in [1.29, 1.82) is 0 Å². The molecule has 0 aromatic heterocycles. The fourth-order valence-electron chi connectivity index (χ4n) is 1.32. The maximum Gasteiger partial charge on any atom is 0.0738 e. The van der Waals surface area contributed by atoms with Gasteiger partial charge in [-0.2, -0.15) is 0 Å². The monoisotopic (exact) mass is 480 g/mol. The highest BCUT2D eigenvalue weighted by atomic mass is 79.9. The lowest BCUT2D eigenvalue weighted by Gasteiger charge is -2.11. The number of rotatable bonds is 4. The van der Waals surface area contributed by atoms with Crippen LogP contribution in [0, 0.1) is 0 Å². The Kier molecular flexibility index (Phi) is 6.76. The molecule has 5 heteroatoms. The van der Waals surface area contributed by atoms with E-state index in [1.807, 2.05) is 12.1 Å². The molecule has 0 saturated heterocycles. The Morgan fingerprint density at radius 3 is 2.00 bits per heavy atom. The first-order chi connectivity index (χ1) is 6.99. The third kappa shape index (κ3) is 5.53. The van der Waals surface area contributed by atoms with Crippen molar-refractivity contribution in [2.24, 2.45) is 0 Å². The molecule has 0 aliphatic heterocycles. The number of halogens is 5. The number of hydrogen-bond donors (Lipinski definition) is 0. The standard InChI is InChI=1S/C10H9Br4Cl/c11-9(12)4-6-1-2-8(15)3-7(6)5-10(13)14/h1-3,9-10H,4-5H2. The molecule has 0 bridgehead atoms. The van der Waals surface area contributed by atoms with E-state index in [4.69, 9.17) is 11.6 Å². The van der Waals surface area contributed by atoms with E-state index < -0.39 is 0 Å². The molecule has 15 heavy (non-hydrogen) atoms. The van der Waals surface area contributed by atoms with Crippen molar-refractivity contribution in [3.05, 3.63) is 34.3 Å². The van der Waals surface area contributed by atoms with E-state index in [1.165, 1.54) is 11.1 Å². The lowest BCUT2D eigenvalue weighted by Crippen LogP contribution is -2.02. The van der Waals surface area contributed by atoms with Gasteiger partial charge in [-0.15, -0.1) is 0 Å². The average Bonchev–Trinajstić information content (AvgIpc) is 2.08. The summed E-state index contributed by atoms with van der Waals surface area (Å²) in [6, 6.07) is 6.03. The van der Waals surface area contributed by atoms with E-state index >= 15 is 0 Å². The predicted molar refractivity (Wildman–Crippen MR) is 82.1 cm³/mol. The SMILES string of the molecule is Clc1ccc(CC(Br)Br)c(CC(Br)Br)c1. The highest BCUT2D eigenvalue weighted by Crippen LogP contribution is 2.25. The third-order valence-electron chi connectivity index (χ3n) is 1.92. The van der Waals surface area contributed by atoms with E-state index in [-0.39, 0.29) is 3.74 Å². The molecule has 1 aromatic rings. The first-order valence-electron chi connectivity index (χ1n) is 4.32. The third-order valence-corrected chi connectivity index (χ3v) is 3.45. The molecule has 0 amide bonds. The van der Waals surface area contributed by atoms with Crippen LogP contribution in [0.15, 0.2) is 18.2 Å². The summed E-state index contributed by atoms with van der Waals surface area (Å²) in [5.41, 5.74) is 2.58. The highest BCUT2D eigenvalue weighted by Gasteiger charge is 2.09. The molecule has 0 saturated carbocycles. The summed E-state index contributed by atoms with van der Waals surface area (Å²) < 4.78 is 0.584. The van der Waals surface area contributed by atoms with Crippen LogP contribution in [0.3, 0.4) is 0 Å². The van der Waals surface area contributed by atoms with Crippen LogP contribution >= 0.6 is 75.3 Å². The molecule has 0 aliphatic rings. The second-order valence-corrected chi connectivity index (χ2v) is 10.4.